The van der Waals surface area contributed by atoms with E-state index in [2.05, 4.69) is 51.1 Å². The molecule has 0 aliphatic heterocycles. The minimum atomic E-state index is -4.95. The van der Waals surface area contributed by atoms with Crippen LogP contribution in [0.4, 0.5) is 13.2 Å². The van der Waals surface area contributed by atoms with E-state index in [1.807, 2.05) is 41.3 Å². The average Bonchev–Trinajstić information content (AvgIpc) is 3.41. The van der Waals surface area contributed by atoms with Crippen molar-refractivity contribution in [3.63, 3.8) is 0 Å². The Kier molecular flexibility index (Phi) is 9.66. The summed E-state index contributed by atoms with van der Waals surface area (Å²) in [6.07, 6.45) is 5.42. The Morgan fingerprint density at radius 3 is 2.15 bits per heavy atom. The van der Waals surface area contributed by atoms with E-state index >= 15 is 0 Å². The number of amides is 1. The number of fused-ring (bicyclic) bond motifs is 5. The van der Waals surface area contributed by atoms with Crippen molar-refractivity contribution in [3.8, 4) is 0 Å². The molecule has 3 fully saturated rings. The summed E-state index contributed by atoms with van der Waals surface area (Å²) in [5, 5.41) is 0. The van der Waals surface area contributed by atoms with Crippen molar-refractivity contribution in [3.05, 3.63) is 83.4 Å². The van der Waals surface area contributed by atoms with Crippen LogP contribution in [0.3, 0.4) is 0 Å². The normalized spacial score (nSPS) is 32.3. The van der Waals surface area contributed by atoms with Gasteiger partial charge >= 0.3 is 12.1 Å². The van der Waals surface area contributed by atoms with E-state index in [1.54, 1.807) is 0 Å². The highest BCUT2D eigenvalue weighted by molar-refractivity contribution is 5.76. The predicted molar refractivity (Wildman–Crippen MR) is 177 cm³/mol. The summed E-state index contributed by atoms with van der Waals surface area (Å²) in [6.45, 7) is 8.40. The molecular weight excluding hydrogens is 599 g/mol. The standard InChI is InChI=1S/C40H50F3NO3/c1-27(14-19-36(45)44(25-28-10-6-4-7-11-28)26-29-12-8-5-9-13-29)33-17-18-34-32-16-15-30-24-31(47-37(46)40(41,42)43)20-22-38(30,2)35(32)21-23-39(33,34)3/h4-13,15,27,31-35H,14,16-26H2,1-3H3/t27-,31+,32+,33-,34+,35+,38+,39-/m1/s1. The molecule has 4 aliphatic carbocycles. The third-order valence-electron chi connectivity index (χ3n) is 12.9. The van der Waals surface area contributed by atoms with Gasteiger partial charge in [-0.3, -0.25) is 4.79 Å². The zero-order valence-corrected chi connectivity index (χ0v) is 28.1. The van der Waals surface area contributed by atoms with Gasteiger partial charge in [-0.05, 0) is 103 Å². The maximum Gasteiger partial charge on any atom is 0.490 e. The topological polar surface area (TPSA) is 46.6 Å². The van der Waals surface area contributed by atoms with Gasteiger partial charge in [0.2, 0.25) is 5.91 Å². The van der Waals surface area contributed by atoms with Crippen molar-refractivity contribution in [2.75, 3.05) is 0 Å². The van der Waals surface area contributed by atoms with Gasteiger partial charge < -0.3 is 9.64 Å². The lowest BCUT2D eigenvalue weighted by molar-refractivity contribution is -0.206. The molecule has 4 aliphatic rings. The first kappa shape index (κ1) is 33.8. The molecule has 0 aromatic heterocycles. The second-order valence-electron chi connectivity index (χ2n) is 15.5. The Bertz CT molecular complexity index is 1400. The Hall–Kier alpha value is -3.09. The average molecular weight is 650 g/mol. The van der Waals surface area contributed by atoms with Crippen LogP contribution in [0.15, 0.2) is 72.3 Å². The number of esters is 1. The Morgan fingerprint density at radius 2 is 1.53 bits per heavy atom. The third-order valence-corrected chi connectivity index (χ3v) is 12.9. The summed E-state index contributed by atoms with van der Waals surface area (Å²) >= 11 is 0. The minimum absolute atomic E-state index is 0.0392. The molecule has 47 heavy (non-hydrogen) atoms. The molecule has 4 nitrogen and oxygen atoms in total. The number of ether oxygens (including phenoxy) is 1. The van der Waals surface area contributed by atoms with Crippen molar-refractivity contribution in [2.24, 2.45) is 40.4 Å². The fraction of sp³-hybridized carbons (Fsp3) is 0.600. The lowest BCUT2D eigenvalue weighted by Gasteiger charge is -2.58. The summed E-state index contributed by atoms with van der Waals surface area (Å²) in [4.78, 5) is 27.3. The van der Waals surface area contributed by atoms with Crippen molar-refractivity contribution >= 4 is 11.9 Å². The minimum Gasteiger partial charge on any atom is -0.455 e. The highest BCUT2D eigenvalue weighted by Crippen LogP contribution is 2.67. The molecule has 3 saturated carbocycles. The van der Waals surface area contributed by atoms with E-state index in [0.29, 0.717) is 61.9 Å². The van der Waals surface area contributed by atoms with E-state index in [9.17, 15) is 22.8 Å². The van der Waals surface area contributed by atoms with E-state index < -0.39 is 18.2 Å². The molecule has 0 radical (unpaired) electrons. The first-order valence-electron chi connectivity index (χ1n) is 17.7. The number of benzene rings is 2. The van der Waals surface area contributed by atoms with Gasteiger partial charge in [0.15, 0.2) is 0 Å². The molecule has 0 unspecified atom stereocenters. The molecule has 1 amide bonds. The largest absolute Gasteiger partial charge is 0.490 e. The van der Waals surface area contributed by atoms with E-state index in [-0.39, 0.29) is 16.7 Å². The molecule has 0 saturated heterocycles. The zero-order chi connectivity index (χ0) is 33.4. The highest BCUT2D eigenvalue weighted by atomic mass is 19.4. The number of carbonyl (C=O) groups excluding carboxylic acids is 2. The van der Waals surface area contributed by atoms with Crippen LogP contribution >= 0.6 is 0 Å². The van der Waals surface area contributed by atoms with Crippen LogP contribution in [-0.2, 0) is 27.4 Å². The van der Waals surface area contributed by atoms with Gasteiger partial charge in [-0.15, -0.1) is 0 Å². The number of rotatable bonds is 9. The molecule has 2 aromatic carbocycles. The molecule has 0 spiro atoms. The van der Waals surface area contributed by atoms with Crippen LogP contribution < -0.4 is 0 Å². The second kappa shape index (κ2) is 13.4. The van der Waals surface area contributed by atoms with Crippen LogP contribution in [0, 0.1) is 40.4 Å². The number of carbonyl (C=O) groups is 2. The molecule has 2 aromatic rings. The second-order valence-corrected chi connectivity index (χ2v) is 15.5. The quantitative estimate of drug-likeness (QED) is 0.201. The maximum absolute atomic E-state index is 13.8. The summed E-state index contributed by atoms with van der Waals surface area (Å²) in [7, 11) is 0. The van der Waals surface area contributed by atoms with Crippen LogP contribution in [0.1, 0.15) is 96.1 Å². The number of allylic oxidation sites excluding steroid dienone is 1. The monoisotopic (exact) mass is 649 g/mol. The molecule has 8 atom stereocenters. The number of hydrogen-bond donors (Lipinski definition) is 0. The Balaban J connectivity index is 1.09. The van der Waals surface area contributed by atoms with E-state index in [1.165, 1.54) is 18.4 Å². The van der Waals surface area contributed by atoms with Gasteiger partial charge in [0.05, 0.1) is 0 Å². The highest BCUT2D eigenvalue weighted by Gasteiger charge is 2.59. The van der Waals surface area contributed by atoms with Crippen LogP contribution in [0.25, 0.3) is 0 Å². The van der Waals surface area contributed by atoms with Gasteiger partial charge in [0, 0.05) is 25.9 Å². The lowest BCUT2D eigenvalue weighted by Crippen LogP contribution is -2.51. The van der Waals surface area contributed by atoms with Gasteiger partial charge in [-0.1, -0.05) is 93.1 Å². The smallest absolute Gasteiger partial charge is 0.455 e. The predicted octanol–water partition coefficient (Wildman–Crippen LogP) is 9.68. The van der Waals surface area contributed by atoms with Crippen LogP contribution in [0.5, 0.6) is 0 Å². The molecule has 0 bridgehead atoms. The lowest BCUT2D eigenvalue weighted by atomic mass is 9.47. The number of hydrogen-bond acceptors (Lipinski definition) is 3. The SMILES string of the molecule is C[C@H](CCC(=O)N(Cc1ccccc1)Cc1ccccc1)[C@H]1CC[C@H]2[C@@H]3CC=C4C[C@@H](OC(=O)C(F)(F)F)CC[C@]4(C)[C@H]3CC[C@]12C. The van der Waals surface area contributed by atoms with Crippen molar-refractivity contribution in [2.45, 2.75) is 110 Å². The molecule has 0 heterocycles. The number of alkyl halides is 3. The maximum atomic E-state index is 13.8. The summed E-state index contributed by atoms with van der Waals surface area (Å²) in [6, 6.07) is 20.5. The van der Waals surface area contributed by atoms with Gasteiger partial charge in [-0.25, -0.2) is 4.79 Å². The molecule has 0 N–H and O–H groups in total. The van der Waals surface area contributed by atoms with Gasteiger partial charge in [0.1, 0.15) is 6.10 Å². The Labute approximate surface area is 278 Å². The Morgan fingerprint density at radius 1 is 0.894 bits per heavy atom. The van der Waals surface area contributed by atoms with Crippen molar-refractivity contribution < 1.29 is 27.5 Å². The summed E-state index contributed by atoms with van der Waals surface area (Å²) < 4.78 is 43.5. The molecule has 254 valence electrons. The zero-order valence-electron chi connectivity index (χ0n) is 28.1. The van der Waals surface area contributed by atoms with Crippen molar-refractivity contribution in [1.82, 2.24) is 4.90 Å². The van der Waals surface area contributed by atoms with Crippen LogP contribution in [-0.4, -0.2) is 29.1 Å². The third kappa shape index (κ3) is 6.91. The first-order chi connectivity index (χ1) is 22.4. The fourth-order valence-corrected chi connectivity index (χ4v) is 10.5. The molecule has 6 rings (SSSR count). The first-order valence-corrected chi connectivity index (χ1v) is 17.7. The summed E-state index contributed by atoms with van der Waals surface area (Å²) in [5.41, 5.74) is 3.68. The molecule has 7 heteroatoms. The number of halogens is 3. The van der Waals surface area contributed by atoms with Gasteiger partial charge in [-0.2, -0.15) is 13.2 Å². The van der Waals surface area contributed by atoms with E-state index in [0.717, 1.165) is 43.2 Å². The van der Waals surface area contributed by atoms with Gasteiger partial charge in [0.25, 0.3) is 0 Å². The fourth-order valence-electron chi connectivity index (χ4n) is 10.5. The number of nitrogens with zero attached hydrogens (tertiary/aromatic N) is 1. The van der Waals surface area contributed by atoms with Crippen LogP contribution in [0.2, 0.25) is 0 Å². The van der Waals surface area contributed by atoms with Crippen molar-refractivity contribution in [1.29, 1.82) is 0 Å². The molecular formula is C40H50F3NO3. The summed E-state index contributed by atoms with van der Waals surface area (Å²) in [5.74, 6) is 0.873. The van der Waals surface area contributed by atoms with E-state index in [4.69, 9.17) is 4.74 Å².